The summed E-state index contributed by atoms with van der Waals surface area (Å²) in [5.74, 6) is -1.29. The number of carboxylic acid groups (broad SMARTS) is 1. The number of carbonyl (C=O) groups is 2. The molecule has 0 aromatic carbocycles. The zero-order chi connectivity index (χ0) is 13.7. The summed E-state index contributed by atoms with van der Waals surface area (Å²) < 4.78 is 0. The van der Waals surface area contributed by atoms with Gasteiger partial charge in [-0.1, -0.05) is 18.9 Å². The lowest BCUT2D eigenvalue weighted by atomic mass is 10.1. The molecule has 1 amide bonds. The van der Waals surface area contributed by atoms with Gasteiger partial charge in [0.25, 0.3) is 5.91 Å². The average Bonchev–Trinajstić information content (AvgIpc) is 2.89. The summed E-state index contributed by atoms with van der Waals surface area (Å²) in [6, 6.07) is 3.56. The van der Waals surface area contributed by atoms with E-state index in [1.165, 1.54) is 12.3 Å². The molecule has 0 spiro atoms. The highest BCUT2D eigenvalue weighted by molar-refractivity contribution is 5.97. The normalized spacial score (nSPS) is 15.8. The quantitative estimate of drug-likeness (QED) is 0.810. The number of hydrogen-bond donors (Lipinski definition) is 2. The molecule has 100 valence electrons. The van der Waals surface area contributed by atoms with E-state index in [9.17, 15) is 9.59 Å². The Hall–Kier alpha value is -2.17. The van der Waals surface area contributed by atoms with Gasteiger partial charge in [-0.25, -0.2) is 4.79 Å². The second-order valence-corrected chi connectivity index (χ2v) is 4.57. The van der Waals surface area contributed by atoms with Crippen LogP contribution in [0.15, 0.2) is 24.4 Å². The molecule has 0 saturated heterocycles. The van der Waals surface area contributed by atoms with Gasteiger partial charge in [-0.15, -0.1) is 0 Å². The number of nitrogens with zero attached hydrogens (tertiary/aromatic N) is 1. The molecule has 0 radical (unpaired) electrons. The molecule has 5 heteroatoms. The molecule has 2 N–H and O–H groups in total. The van der Waals surface area contributed by atoms with Crippen LogP contribution in [0.2, 0.25) is 0 Å². The number of pyridine rings is 1. The van der Waals surface area contributed by atoms with Crippen molar-refractivity contribution in [2.75, 3.05) is 0 Å². The number of carboxylic acids is 1. The minimum Gasteiger partial charge on any atom is -0.478 e. The Morgan fingerprint density at radius 1 is 1.37 bits per heavy atom. The predicted molar refractivity (Wildman–Crippen MR) is 70.6 cm³/mol. The predicted octanol–water partition coefficient (Wildman–Crippen LogP) is 1.85. The van der Waals surface area contributed by atoms with Crippen LogP contribution in [0.4, 0.5) is 0 Å². The minimum atomic E-state index is -1.05. The summed E-state index contributed by atoms with van der Waals surface area (Å²) in [5, 5.41) is 11.6. The van der Waals surface area contributed by atoms with Gasteiger partial charge in [-0.3, -0.25) is 9.78 Å². The van der Waals surface area contributed by atoms with Crippen LogP contribution in [0.1, 0.15) is 41.7 Å². The van der Waals surface area contributed by atoms with Gasteiger partial charge in [0.05, 0.1) is 0 Å². The topological polar surface area (TPSA) is 79.3 Å². The molecule has 2 rings (SSSR count). The van der Waals surface area contributed by atoms with E-state index < -0.39 is 5.97 Å². The van der Waals surface area contributed by atoms with Crippen molar-refractivity contribution < 1.29 is 14.7 Å². The Labute approximate surface area is 111 Å². The smallest absolute Gasteiger partial charge is 0.328 e. The first-order valence-corrected chi connectivity index (χ1v) is 6.33. The van der Waals surface area contributed by atoms with Crippen LogP contribution < -0.4 is 5.32 Å². The third kappa shape index (κ3) is 3.64. The molecule has 1 aliphatic rings. The summed E-state index contributed by atoms with van der Waals surface area (Å²) in [5.41, 5.74) is 0.785. The van der Waals surface area contributed by atoms with Crippen LogP contribution in [0, 0.1) is 0 Å². The van der Waals surface area contributed by atoms with Crippen LogP contribution in [0.3, 0.4) is 0 Å². The zero-order valence-electron chi connectivity index (χ0n) is 10.5. The highest BCUT2D eigenvalue weighted by Crippen LogP contribution is 2.18. The monoisotopic (exact) mass is 260 g/mol. The number of rotatable bonds is 4. The Kier molecular flexibility index (Phi) is 4.28. The molecule has 1 heterocycles. The van der Waals surface area contributed by atoms with Crippen molar-refractivity contribution in [2.45, 2.75) is 31.7 Å². The molecule has 19 heavy (non-hydrogen) atoms. The number of aromatic nitrogens is 1. The van der Waals surface area contributed by atoms with Gasteiger partial charge in [-0.05, 0) is 25.0 Å². The Bertz CT molecular complexity index is 505. The molecule has 1 fully saturated rings. The van der Waals surface area contributed by atoms with Crippen LogP contribution in [-0.2, 0) is 4.79 Å². The molecular weight excluding hydrogens is 244 g/mol. The third-order valence-corrected chi connectivity index (χ3v) is 3.15. The van der Waals surface area contributed by atoms with Gasteiger partial charge >= 0.3 is 5.97 Å². The van der Waals surface area contributed by atoms with Gasteiger partial charge < -0.3 is 10.4 Å². The zero-order valence-corrected chi connectivity index (χ0v) is 10.5. The molecular formula is C14H16N2O3. The number of aliphatic carboxylic acids is 1. The molecule has 0 atom stereocenters. The highest BCUT2D eigenvalue weighted by Gasteiger charge is 2.19. The second kappa shape index (κ2) is 6.13. The van der Waals surface area contributed by atoms with Crippen molar-refractivity contribution in [1.29, 1.82) is 0 Å². The van der Waals surface area contributed by atoms with Crippen LogP contribution in [0.25, 0.3) is 6.08 Å². The van der Waals surface area contributed by atoms with Crippen molar-refractivity contribution in [1.82, 2.24) is 10.3 Å². The fourth-order valence-corrected chi connectivity index (χ4v) is 2.23. The lowest BCUT2D eigenvalue weighted by Gasteiger charge is -2.12. The average molecular weight is 260 g/mol. The fourth-order valence-electron chi connectivity index (χ4n) is 2.23. The van der Waals surface area contributed by atoms with Crippen molar-refractivity contribution in [3.05, 3.63) is 35.7 Å². The number of hydrogen-bond acceptors (Lipinski definition) is 3. The maximum absolute atomic E-state index is 12.1. The van der Waals surface area contributed by atoms with Gasteiger partial charge in [0, 0.05) is 23.9 Å². The summed E-state index contributed by atoms with van der Waals surface area (Å²) in [7, 11) is 0. The van der Waals surface area contributed by atoms with Crippen molar-refractivity contribution >= 4 is 18.0 Å². The van der Waals surface area contributed by atoms with Gasteiger partial charge in [-0.2, -0.15) is 0 Å². The van der Waals surface area contributed by atoms with Crippen molar-refractivity contribution in [3.8, 4) is 0 Å². The van der Waals surface area contributed by atoms with Crippen molar-refractivity contribution in [3.63, 3.8) is 0 Å². The first-order valence-electron chi connectivity index (χ1n) is 6.33. The molecule has 0 unspecified atom stereocenters. The van der Waals surface area contributed by atoms with Gasteiger partial charge in [0.15, 0.2) is 0 Å². The van der Waals surface area contributed by atoms with Crippen molar-refractivity contribution in [2.24, 2.45) is 0 Å². The summed E-state index contributed by atoms with van der Waals surface area (Å²) >= 11 is 0. The lowest BCUT2D eigenvalue weighted by molar-refractivity contribution is -0.131. The Morgan fingerprint density at radius 3 is 2.79 bits per heavy atom. The maximum Gasteiger partial charge on any atom is 0.328 e. The molecule has 1 aromatic rings. The lowest BCUT2D eigenvalue weighted by Crippen LogP contribution is -2.33. The second-order valence-electron chi connectivity index (χ2n) is 4.57. The van der Waals surface area contributed by atoms with E-state index in [1.807, 2.05) is 0 Å². The molecule has 1 aromatic heterocycles. The Balaban J connectivity index is 2.13. The molecule has 5 nitrogen and oxygen atoms in total. The molecule has 1 aliphatic carbocycles. The third-order valence-electron chi connectivity index (χ3n) is 3.15. The number of nitrogens with one attached hydrogen (secondary N) is 1. The first kappa shape index (κ1) is 13.3. The van der Waals surface area contributed by atoms with Crippen LogP contribution >= 0.6 is 0 Å². The maximum atomic E-state index is 12.1. The van der Waals surface area contributed by atoms with E-state index in [4.69, 9.17) is 5.11 Å². The molecule has 0 bridgehead atoms. The van der Waals surface area contributed by atoms with Gasteiger partial charge in [0.1, 0.15) is 5.69 Å². The van der Waals surface area contributed by atoms with E-state index in [0.717, 1.165) is 31.8 Å². The number of amides is 1. The van der Waals surface area contributed by atoms with Crippen LogP contribution in [0.5, 0.6) is 0 Å². The van der Waals surface area contributed by atoms with E-state index >= 15 is 0 Å². The number of carbonyl (C=O) groups excluding carboxylic acids is 1. The van der Waals surface area contributed by atoms with E-state index in [1.54, 1.807) is 12.1 Å². The minimum absolute atomic E-state index is 0.214. The fraction of sp³-hybridized carbons (Fsp3) is 0.357. The van der Waals surface area contributed by atoms with E-state index in [2.05, 4.69) is 10.3 Å². The first-order chi connectivity index (χ1) is 9.16. The Morgan fingerprint density at radius 2 is 2.11 bits per heavy atom. The van der Waals surface area contributed by atoms with E-state index in [0.29, 0.717) is 5.56 Å². The molecule has 1 saturated carbocycles. The van der Waals surface area contributed by atoms with E-state index in [-0.39, 0.29) is 17.6 Å². The largest absolute Gasteiger partial charge is 0.478 e. The van der Waals surface area contributed by atoms with Crippen LogP contribution in [-0.4, -0.2) is 28.0 Å². The highest BCUT2D eigenvalue weighted by atomic mass is 16.4. The standard InChI is InChI=1S/C14H16N2O3/c17-12(18)8-7-10-4-3-9-15-13(10)14(19)16-11-5-1-2-6-11/h3-4,7-9,11H,1-2,5-6H2,(H,16,19)(H,17,18)/b8-7+. The summed E-state index contributed by atoms with van der Waals surface area (Å²) in [6.45, 7) is 0. The summed E-state index contributed by atoms with van der Waals surface area (Å²) in [4.78, 5) is 26.7. The SMILES string of the molecule is O=C(O)/C=C/c1cccnc1C(=O)NC1CCCC1. The van der Waals surface area contributed by atoms with Gasteiger partial charge in [0.2, 0.25) is 0 Å². The summed E-state index contributed by atoms with van der Waals surface area (Å²) in [6.07, 6.45) is 8.19. The molecule has 0 aliphatic heterocycles.